The molecule has 0 saturated heterocycles. The fraction of sp³-hybridized carbons (Fsp3) is 0.136. The fourth-order valence-corrected chi connectivity index (χ4v) is 3.96. The molecule has 0 saturated carbocycles. The van der Waals surface area contributed by atoms with Crippen LogP contribution in [0.5, 0.6) is 5.75 Å². The molecule has 162 valence electrons. The summed E-state index contributed by atoms with van der Waals surface area (Å²) in [6, 6.07) is 15.1. The van der Waals surface area contributed by atoms with Gasteiger partial charge in [0.1, 0.15) is 17.4 Å². The van der Waals surface area contributed by atoms with Crippen molar-refractivity contribution in [3.63, 3.8) is 0 Å². The predicted octanol–water partition coefficient (Wildman–Crippen LogP) is 3.75. The number of sulfonamides is 1. The number of benzene rings is 3. The maximum Gasteiger partial charge on any atom is 0.261 e. The molecule has 2 N–H and O–H groups in total. The molecule has 31 heavy (non-hydrogen) atoms. The zero-order valence-electron chi connectivity index (χ0n) is 16.6. The van der Waals surface area contributed by atoms with Crippen LogP contribution in [0.25, 0.3) is 0 Å². The molecule has 0 atom stereocenters. The number of hydrogen-bond acceptors (Lipinski definition) is 4. The standard InChI is InChI=1S/C22H20F2N2O4S/c1-30-20-7-5-19(6-8-20)26-31(28,29)21-4-2-3-16(13-21)22(27)25-10-9-15-11-17(23)14-18(24)12-15/h2-8,11-14,26H,9-10H2,1H3,(H,25,27). The Kier molecular flexibility index (Phi) is 6.86. The van der Waals surface area contributed by atoms with E-state index in [0.717, 1.165) is 6.07 Å². The Morgan fingerprint density at radius 1 is 0.968 bits per heavy atom. The number of methoxy groups -OCH3 is 1. The van der Waals surface area contributed by atoms with E-state index in [9.17, 15) is 22.0 Å². The van der Waals surface area contributed by atoms with Crippen molar-refractivity contribution in [3.8, 4) is 5.75 Å². The largest absolute Gasteiger partial charge is 0.497 e. The lowest BCUT2D eigenvalue weighted by Crippen LogP contribution is -2.26. The van der Waals surface area contributed by atoms with Gasteiger partial charge < -0.3 is 10.1 Å². The summed E-state index contributed by atoms with van der Waals surface area (Å²) in [5.74, 6) is -1.30. The first-order valence-electron chi connectivity index (χ1n) is 9.27. The monoisotopic (exact) mass is 446 g/mol. The topological polar surface area (TPSA) is 84.5 Å². The zero-order chi connectivity index (χ0) is 22.4. The van der Waals surface area contributed by atoms with Crippen LogP contribution in [0.15, 0.2) is 71.6 Å². The van der Waals surface area contributed by atoms with Gasteiger partial charge in [0.25, 0.3) is 15.9 Å². The van der Waals surface area contributed by atoms with Crippen LogP contribution in [-0.2, 0) is 16.4 Å². The fourth-order valence-electron chi connectivity index (χ4n) is 2.86. The Bertz CT molecular complexity index is 1160. The first kappa shape index (κ1) is 22.2. The highest BCUT2D eigenvalue weighted by atomic mass is 32.2. The molecular weight excluding hydrogens is 426 g/mol. The lowest BCUT2D eigenvalue weighted by Gasteiger charge is -2.10. The Hall–Kier alpha value is -3.46. The van der Waals surface area contributed by atoms with Gasteiger partial charge >= 0.3 is 0 Å². The molecule has 0 spiro atoms. The average Bonchev–Trinajstić information content (AvgIpc) is 2.73. The van der Waals surface area contributed by atoms with Crippen LogP contribution in [0, 0.1) is 11.6 Å². The molecule has 9 heteroatoms. The van der Waals surface area contributed by atoms with Crippen molar-refractivity contribution in [2.45, 2.75) is 11.3 Å². The predicted molar refractivity (Wildman–Crippen MR) is 113 cm³/mol. The van der Waals surface area contributed by atoms with Crippen LogP contribution in [0.4, 0.5) is 14.5 Å². The Labute approximate surface area is 178 Å². The summed E-state index contributed by atoms with van der Waals surface area (Å²) < 4.78 is 59.2. The van der Waals surface area contributed by atoms with Crippen molar-refractivity contribution in [2.75, 3.05) is 18.4 Å². The van der Waals surface area contributed by atoms with Gasteiger partial charge in [0, 0.05) is 23.9 Å². The molecular formula is C22H20F2N2O4S. The third-order valence-electron chi connectivity index (χ3n) is 4.37. The summed E-state index contributed by atoms with van der Waals surface area (Å²) in [5, 5.41) is 2.61. The minimum Gasteiger partial charge on any atom is -0.497 e. The number of carbonyl (C=O) groups is 1. The van der Waals surface area contributed by atoms with Crippen molar-refractivity contribution < 1.29 is 26.7 Å². The maximum atomic E-state index is 13.2. The molecule has 0 bridgehead atoms. The minimum atomic E-state index is -3.92. The second-order valence-corrected chi connectivity index (χ2v) is 8.33. The first-order chi connectivity index (χ1) is 14.8. The molecule has 1 amide bonds. The number of halogens is 2. The Morgan fingerprint density at radius 2 is 1.65 bits per heavy atom. The molecule has 0 aliphatic rings. The lowest BCUT2D eigenvalue weighted by atomic mass is 10.1. The highest BCUT2D eigenvalue weighted by Crippen LogP contribution is 2.20. The number of ether oxygens (including phenoxy) is 1. The van der Waals surface area contributed by atoms with Crippen LogP contribution in [0.3, 0.4) is 0 Å². The SMILES string of the molecule is COc1ccc(NS(=O)(=O)c2cccc(C(=O)NCCc3cc(F)cc(F)c3)c2)cc1. The van der Waals surface area contributed by atoms with Gasteiger partial charge in [0.15, 0.2) is 0 Å². The number of anilines is 1. The van der Waals surface area contributed by atoms with E-state index in [0.29, 0.717) is 17.0 Å². The summed E-state index contributed by atoms with van der Waals surface area (Å²) in [7, 11) is -2.41. The van der Waals surface area contributed by atoms with Crippen LogP contribution in [0.2, 0.25) is 0 Å². The number of hydrogen-bond donors (Lipinski definition) is 2. The number of carbonyl (C=O) groups excluding carboxylic acids is 1. The zero-order valence-corrected chi connectivity index (χ0v) is 17.4. The molecule has 3 rings (SSSR count). The summed E-state index contributed by atoms with van der Waals surface area (Å²) in [6.45, 7) is 0.128. The molecule has 0 fully saturated rings. The second kappa shape index (κ2) is 9.57. The van der Waals surface area contributed by atoms with E-state index < -0.39 is 27.6 Å². The molecule has 0 radical (unpaired) electrons. The van der Waals surface area contributed by atoms with Gasteiger partial charge in [0.2, 0.25) is 0 Å². The van der Waals surface area contributed by atoms with Gasteiger partial charge in [0.05, 0.1) is 12.0 Å². The molecule has 0 aromatic heterocycles. The van der Waals surface area contributed by atoms with E-state index in [-0.39, 0.29) is 23.4 Å². The van der Waals surface area contributed by atoms with Gasteiger partial charge in [-0.25, -0.2) is 17.2 Å². The molecule has 6 nitrogen and oxygen atoms in total. The van der Waals surface area contributed by atoms with E-state index in [1.807, 2.05) is 0 Å². The number of nitrogens with one attached hydrogen (secondary N) is 2. The lowest BCUT2D eigenvalue weighted by molar-refractivity contribution is 0.0954. The Balaban J connectivity index is 1.65. The highest BCUT2D eigenvalue weighted by molar-refractivity contribution is 7.92. The molecule has 3 aromatic rings. The maximum absolute atomic E-state index is 13.2. The van der Waals surface area contributed by atoms with Gasteiger partial charge in [-0.15, -0.1) is 0 Å². The molecule has 3 aromatic carbocycles. The van der Waals surface area contributed by atoms with E-state index in [4.69, 9.17) is 4.74 Å². The van der Waals surface area contributed by atoms with Crippen molar-refractivity contribution in [3.05, 3.63) is 89.5 Å². The van der Waals surface area contributed by atoms with E-state index in [2.05, 4.69) is 10.0 Å². The molecule has 0 aliphatic carbocycles. The van der Waals surface area contributed by atoms with Gasteiger partial charge in [-0.3, -0.25) is 9.52 Å². The van der Waals surface area contributed by atoms with Crippen LogP contribution in [-0.4, -0.2) is 28.0 Å². The summed E-state index contributed by atoms with van der Waals surface area (Å²) in [5.41, 5.74) is 0.888. The van der Waals surface area contributed by atoms with Crippen LogP contribution < -0.4 is 14.8 Å². The molecule has 0 aliphatic heterocycles. The number of amides is 1. The van der Waals surface area contributed by atoms with E-state index >= 15 is 0 Å². The number of rotatable bonds is 8. The van der Waals surface area contributed by atoms with Crippen LogP contribution >= 0.6 is 0 Å². The van der Waals surface area contributed by atoms with Crippen molar-refractivity contribution in [1.82, 2.24) is 5.32 Å². The van der Waals surface area contributed by atoms with Crippen molar-refractivity contribution in [2.24, 2.45) is 0 Å². The van der Waals surface area contributed by atoms with Crippen molar-refractivity contribution >= 4 is 21.6 Å². The molecule has 0 heterocycles. The first-order valence-corrected chi connectivity index (χ1v) is 10.8. The second-order valence-electron chi connectivity index (χ2n) is 6.65. The summed E-state index contributed by atoms with van der Waals surface area (Å²) >= 11 is 0. The van der Waals surface area contributed by atoms with Crippen LogP contribution in [0.1, 0.15) is 15.9 Å². The van der Waals surface area contributed by atoms with Gasteiger partial charge in [-0.1, -0.05) is 6.07 Å². The van der Waals surface area contributed by atoms with E-state index in [1.165, 1.54) is 43.5 Å². The Morgan fingerprint density at radius 3 is 2.29 bits per heavy atom. The average molecular weight is 446 g/mol. The normalized spacial score (nSPS) is 11.1. The van der Waals surface area contributed by atoms with Crippen molar-refractivity contribution in [1.29, 1.82) is 0 Å². The molecule has 0 unspecified atom stereocenters. The quantitative estimate of drug-likeness (QED) is 0.552. The smallest absolute Gasteiger partial charge is 0.261 e. The van der Waals surface area contributed by atoms with Gasteiger partial charge in [-0.05, 0) is 66.6 Å². The van der Waals surface area contributed by atoms with E-state index in [1.54, 1.807) is 24.3 Å². The van der Waals surface area contributed by atoms with Gasteiger partial charge in [-0.2, -0.15) is 0 Å². The highest BCUT2D eigenvalue weighted by Gasteiger charge is 2.16. The minimum absolute atomic E-state index is 0.0804. The third-order valence-corrected chi connectivity index (χ3v) is 5.75. The summed E-state index contributed by atoms with van der Waals surface area (Å²) in [4.78, 5) is 12.3. The third kappa shape index (κ3) is 6.02. The summed E-state index contributed by atoms with van der Waals surface area (Å²) in [6.07, 6.45) is 0.220.